The Morgan fingerprint density at radius 2 is 2.46 bits per heavy atom. The first kappa shape index (κ1) is 8.73. The highest BCUT2D eigenvalue weighted by Gasteiger charge is 2.26. The van der Waals surface area contributed by atoms with Crippen LogP contribution < -0.4 is 5.73 Å². The first-order valence-electron chi connectivity index (χ1n) is 3.08. The molecule has 0 radical (unpaired) electrons. The molecule has 0 aliphatic rings. The molecule has 0 saturated carbocycles. The summed E-state index contributed by atoms with van der Waals surface area (Å²) in [6.07, 6.45) is 0.898. The zero-order valence-corrected chi connectivity index (χ0v) is 6.27. The molecule has 0 saturated heterocycles. The average Bonchev–Trinajstić information content (AvgIpc) is 2.46. The number of amidine groups is 1. The Bertz CT molecular complexity index is 414. The summed E-state index contributed by atoms with van der Waals surface area (Å²) in [5.41, 5.74) is 4.20. The summed E-state index contributed by atoms with van der Waals surface area (Å²) < 4.78 is 4.60. The van der Waals surface area contributed by atoms with Gasteiger partial charge in [0.05, 0.1) is 4.92 Å². The van der Waals surface area contributed by atoms with Crippen molar-refractivity contribution < 1.29 is 9.34 Å². The fourth-order valence-corrected chi connectivity index (χ4v) is 0.803. The van der Waals surface area contributed by atoms with Crippen LogP contribution in [0.2, 0.25) is 0 Å². The Kier molecular flexibility index (Phi) is 1.98. The molecule has 0 aromatic carbocycles. The molecule has 0 amide bonds. The molecule has 0 bridgehead atoms. The van der Waals surface area contributed by atoms with Crippen LogP contribution in [0.4, 0.5) is 5.69 Å². The summed E-state index contributed by atoms with van der Waals surface area (Å²) in [6, 6.07) is 1.56. The Morgan fingerprint density at radius 1 is 1.85 bits per heavy atom. The molecule has 7 nitrogen and oxygen atoms in total. The number of nitro groups is 1. The minimum Gasteiger partial charge on any atom is -0.453 e. The number of hydrogen-bond acceptors (Lipinski definition) is 5. The van der Waals surface area contributed by atoms with Crippen molar-refractivity contribution >= 4 is 11.5 Å². The highest BCUT2D eigenvalue weighted by atomic mass is 16.6. The molecule has 0 aliphatic heterocycles. The second-order valence-electron chi connectivity index (χ2n) is 2.11. The number of hydrogen-bond donors (Lipinski definition) is 2. The van der Waals surface area contributed by atoms with Crippen molar-refractivity contribution in [2.24, 2.45) is 5.73 Å². The highest BCUT2D eigenvalue weighted by Crippen LogP contribution is 2.24. The Hall–Kier alpha value is -2.36. The van der Waals surface area contributed by atoms with Gasteiger partial charge in [0.2, 0.25) is 5.76 Å². The summed E-state index contributed by atoms with van der Waals surface area (Å²) in [4.78, 5) is 9.60. The lowest BCUT2D eigenvalue weighted by Gasteiger charge is -1.90. The number of nitrogens with two attached hydrogens (primary N) is 1. The van der Waals surface area contributed by atoms with E-state index >= 15 is 0 Å². The Labute approximate surface area is 72.0 Å². The summed E-state index contributed by atoms with van der Waals surface area (Å²) >= 11 is 0. The van der Waals surface area contributed by atoms with Gasteiger partial charge in [-0.25, -0.2) is 0 Å². The van der Waals surface area contributed by atoms with E-state index < -0.39 is 16.4 Å². The van der Waals surface area contributed by atoms with Gasteiger partial charge in [0, 0.05) is 0 Å². The summed E-state index contributed by atoms with van der Waals surface area (Å²) in [5.74, 6) is -0.963. The van der Waals surface area contributed by atoms with E-state index in [1.165, 1.54) is 0 Å². The van der Waals surface area contributed by atoms with Gasteiger partial charge >= 0.3 is 5.69 Å². The van der Waals surface area contributed by atoms with E-state index in [9.17, 15) is 10.1 Å². The lowest BCUT2D eigenvalue weighted by Crippen LogP contribution is -2.11. The number of rotatable bonds is 2. The third-order valence-corrected chi connectivity index (χ3v) is 1.31. The van der Waals surface area contributed by atoms with Crippen molar-refractivity contribution in [3.8, 4) is 6.07 Å². The topological polar surface area (TPSA) is 130 Å². The lowest BCUT2D eigenvalue weighted by atomic mass is 10.2. The van der Waals surface area contributed by atoms with Crippen LogP contribution in [0.5, 0.6) is 0 Å². The van der Waals surface area contributed by atoms with Crippen LogP contribution >= 0.6 is 0 Å². The molecule has 3 N–H and O–H groups in total. The molecule has 1 heterocycles. The van der Waals surface area contributed by atoms with Crippen LogP contribution in [0.1, 0.15) is 11.3 Å². The number of nitrogens with zero attached hydrogens (tertiary/aromatic N) is 2. The van der Waals surface area contributed by atoms with E-state index in [-0.39, 0.29) is 11.3 Å². The van der Waals surface area contributed by atoms with Gasteiger partial charge in [0.25, 0.3) is 0 Å². The van der Waals surface area contributed by atoms with Crippen molar-refractivity contribution in [2.75, 3.05) is 0 Å². The van der Waals surface area contributed by atoms with Crippen molar-refractivity contribution in [3.05, 3.63) is 27.7 Å². The number of furan rings is 1. The maximum absolute atomic E-state index is 10.4. The predicted octanol–water partition coefficient (Wildman–Crippen LogP) is 0.344. The van der Waals surface area contributed by atoms with Crippen molar-refractivity contribution in [3.63, 3.8) is 0 Å². The zero-order chi connectivity index (χ0) is 10.0. The first-order valence-corrected chi connectivity index (χ1v) is 3.08. The standard InChI is InChI=1S/C6H4N4O3/c7-1-3-2-13-5(6(8)9)4(3)10(11)12/h2H,(H3,8,9). The fraction of sp³-hybridized carbons (Fsp3) is 0. The van der Waals surface area contributed by atoms with Crippen LogP contribution in [-0.4, -0.2) is 10.8 Å². The molecule has 0 aliphatic carbocycles. The molecule has 0 unspecified atom stereocenters. The van der Waals surface area contributed by atoms with Gasteiger partial charge in [0.1, 0.15) is 12.3 Å². The third kappa shape index (κ3) is 1.32. The van der Waals surface area contributed by atoms with Crippen LogP contribution in [0.3, 0.4) is 0 Å². The average molecular weight is 180 g/mol. The molecule has 0 spiro atoms. The Balaban J connectivity index is 3.41. The summed E-state index contributed by atoms with van der Waals surface area (Å²) in [5, 5.41) is 25.8. The molecule has 1 aromatic heterocycles. The van der Waals surface area contributed by atoms with Gasteiger partial charge in [-0.05, 0) is 0 Å². The molecule has 7 heteroatoms. The molecular weight excluding hydrogens is 176 g/mol. The molecule has 66 valence electrons. The van der Waals surface area contributed by atoms with Gasteiger partial charge in [-0.2, -0.15) is 5.26 Å². The first-order chi connectivity index (χ1) is 6.07. The van der Waals surface area contributed by atoms with Crippen LogP contribution in [-0.2, 0) is 0 Å². The fourth-order valence-electron chi connectivity index (χ4n) is 0.803. The van der Waals surface area contributed by atoms with Crippen molar-refractivity contribution in [2.45, 2.75) is 0 Å². The maximum Gasteiger partial charge on any atom is 0.336 e. The highest BCUT2D eigenvalue weighted by molar-refractivity contribution is 5.96. The summed E-state index contributed by atoms with van der Waals surface area (Å²) in [6.45, 7) is 0. The smallest absolute Gasteiger partial charge is 0.336 e. The number of nitriles is 1. The molecule has 1 aromatic rings. The molecule has 13 heavy (non-hydrogen) atoms. The Morgan fingerprint density at radius 3 is 2.85 bits per heavy atom. The third-order valence-electron chi connectivity index (χ3n) is 1.31. The summed E-state index contributed by atoms with van der Waals surface area (Å²) in [7, 11) is 0. The predicted molar refractivity (Wildman–Crippen MR) is 41.1 cm³/mol. The van der Waals surface area contributed by atoms with Gasteiger partial charge in [0.15, 0.2) is 11.4 Å². The maximum atomic E-state index is 10.4. The van der Waals surface area contributed by atoms with Crippen LogP contribution in [0.25, 0.3) is 0 Å². The van der Waals surface area contributed by atoms with E-state index in [1.807, 2.05) is 0 Å². The molecule has 1 rings (SSSR count). The van der Waals surface area contributed by atoms with E-state index in [0.29, 0.717) is 0 Å². The van der Waals surface area contributed by atoms with E-state index in [0.717, 1.165) is 6.26 Å². The van der Waals surface area contributed by atoms with Crippen molar-refractivity contribution in [1.29, 1.82) is 10.7 Å². The van der Waals surface area contributed by atoms with Gasteiger partial charge in [-0.3, -0.25) is 15.5 Å². The second-order valence-corrected chi connectivity index (χ2v) is 2.11. The minimum absolute atomic E-state index is 0.241. The zero-order valence-electron chi connectivity index (χ0n) is 6.27. The van der Waals surface area contributed by atoms with Gasteiger partial charge in [-0.1, -0.05) is 0 Å². The normalized spacial score (nSPS) is 9.15. The van der Waals surface area contributed by atoms with Gasteiger partial charge in [-0.15, -0.1) is 0 Å². The van der Waals surface area contributed by atoms with E-state index in [1.54, 1.807) is 6.07 Å². The largest absolute Gasteiger partial charge is 0.453 e. The number of nitrogen functional groups attached to an aromatic ring is 1. The number of nitrogens with one attached hydrogen (secondary N) is 1. The van der Waals surface area contributed by atoms with Crippen LogP contribution in [0, 0.1) is 26.9 Å². The quantitative estimate of drug-likeness (QED) is 0.293. The van der Waals surface area contributed by atoms with Crippen LogP contribution in [0.15, 0.2) is 10.7 Å². The van der Waals surface area contributed by atoms with Gasteiger partial charge < -0.3 is 10.2 Å². The van der Waals surface area contributed by atoms with E-state index in [2.05, 4.69) is 4.42 Å². The van der Waals surface area contributed by atoms with Crippen molar-refractivity contribution in [1.82, 2.24) is 0 Å². The second kappa shape index (κ2) is 2.94. The van der Waals surface area contributed by atoms with E-state index in [4.69, 9.17) is 16.4 Å². The lowest BCUT2D eigenvalue weighted by molar-refractivity contribution is -0.385. The minimum atomic E-state index is -0.807. The molecular formula is C6H4N4O3. The molecule has 0 fully saturated rings. The SMILES string of the molecule is N#Cc1coc(C(=N)N)c1[N+](=O)[O-]. The molecule has 0 atom stereocenters. The monoisotopic (exact) mass is 180 g/mol.